The van der Waals surface area contributed by atoms with Gasteiger partial charge in [-0.25, -0.2) is 9.78 Å². The van der Waals surface area contributed by atoms with Crippen molar-refractivity contribution in [1.29, 1.82) is 0 Å². The van der Waals surface area contributed by atoms with Crippen molar-refractivity contribution < 1.29 is 9.90 Å². The summed E-state index contributed by atoms with van der Waals surface area (Å²) >= 11 is 12.7. The van der Waals surface area contributed by atoms with Crippen LogP contribution in [0.3, 0.4) is 0 Å². The fourth-order valence-corrected chi connectivity index (χ4v) is 3.37. The van der Waals surface area contributed by atoms with E-state index in [4.69, 9.17) is 33.3 Å². The lowest BCUT2D eigenvalue weighted by Gasteiger charge is -2.06. The van der Waals surface area contributed by atoms with Crippen molar-refractivity contribution >= 4 is 29.2 Å². The van der Waals surface area contributed by atoms with Gasteiger partial charge in [0, 0.05) is 16.7 Å². The number of carbonyl (C=O) groups is 1. The molecule has 0 amide bonds. The maximum Gasteiger partial charge on any atom is 0.335 e. The molecule has 6 heteroatoms. The summed E-state index contributed by atoms with van der Waals surface area (Å²) in [6.07, 6.45) is 0. The highest BCUT2D eigenvalue weighted by Gasteiger charge is 2.18. The molecule has 0 fully saturated rings. The van der Waals surface area contributed by atoms with Gasteiger partial charge in [-0.2, -0.15) is 0 Å². The van der Waals surface area contributed by atoms with E-state index < -0.39 is 5.97 Å². The van der Waals surface area contributed by atoms with Gasteiger partial charge in [-0.15, -0.1) is 0 Å². The number of H-pyrrole nitrogens is 1. The molecule has 4 nitrogen and oxygen atoms in total. The fraction of sp³-hybridized carbons (Fsp3) is 0. The molecule has 0 saturated carbocycles. The topological polar surface area (TPSA) is 66.0 Å². The van der Waals surface area contributed by atoms with E-state index in [-0.39, 0.29) is 5.56 Å². The highest BCUT2D eigenvalue weighted by Crippen LogP contribution is 2.38. The molecule has 1 heterocycles. The van der Waals surface area contributed by atoms with Gasteiger partial charge in [0.15, 0.2) is 0 Å². The average Bonchev–Trinajstić information content (AvgIpc) is 3.16. The first-order valence-corrected chi connectivity index (χ1v) is 9.23. The maximum atomic E-state index is 11.1. The van der Waals surface area contributed by atoms with Crippen molar-refractivity contribution in [2.45, 2.75) is 0 Å². The number of aromatic amines is 1. The van der Waals surface area contributed by atoms with Crippen LogP contribution in [-0.2, 0) is 0 Å². The first kappa shape index (κ1) is 18.3. The number of rotatable bonds is 4. The molecule has 0 spiro atoms. The zero-order valence-electron chi connectivity index (χ0n) is 14.5. The third-order valence-electron chi connectivity index (χ3n) is 4.38. The van der Waals surface area contributed by atoms with E-state index in [1.807, 2.05) is 42.5 Å². The van der Waals surface area contributed by atoms with Crippen LogP contribution in [0.25, 0.3) is 33.9 Å². The Kier molecular flexibility index (Phi) is 4.90. The quantitative estimate of drug-likeness (QED) is 0.409. The molecule has 4 aromatic rings. The smallest absolute Gasteiger partial charge is 0.335 e. The number of imidazole rings is 1. The second kappa shape index (κ2) is 7.50. The van der Waals surface area contributed by atoms with Crippen molar-refractivity contribution in [3.05, 3.63) is 88.4 Å². The number of benzene rings is 3. The predicted octanol–water partition coefficient (Wildman–Crippen LogP) is 6.42. The molecule has 0 saturated heterocycles. The molecular formula is C22H14Cl2N2O2. The molecule has 1 aromatic heterocycles. The van der Waals surface area contributed by atoms with Crippen LogP contribution < -0.4 is 0 Å². The molecule has 3 aromatic carbocycles. The van der Waals surface area contributed by atoms with Gasteiger partial charge in [0.25, 0.3) is 0 Å². The largest absolute Gasteiger partial charge is 0.478 e. The van der Waals surface area contributed by atoms with Crippen LogP contribution in [0.2, 0.25) is 10.0 Å². The van der Waals surface area contributed by atoms with Crippen LogP contribution >= 0.6 is 23.2 Å². The zero-order valence-corrected chi connectivity index (χ0v) is 16.0. The molecule has 0 aliphatic carbocycles. The summed E-state index contributed by atoms with van der Waals surface area (Å²) < 4.78 is 0. The van der Waals surface area contributed by atoms with Gasteiger partial charge >= 0.3 is 5.97 Å². The van der Waals surface area contributed by atoms with Crippen LogP contribution in [0.15, 0.2) is 72.8 Å². The number of nitrogens with zero attached hydrogens (tertiary/aromatic N) is 1. The summed E-state index contributed by atoms with van der Waals surface area (Å²) in [6, 6.07) is 21.7. The molecule has 28 heavy (non-hydrogen) atoms. The number of carboxylic acid groups (broad SMARTS) is 1. The lowest BCUT2D eigenvalue weighted by Crippen LogP contribution is -1.95. The Hall–Kier alpha value is -3.08. The molecular weight excluding hydrogens is 395 g/mol. The van der Waals surface area contributed by atoms with E-state index in [0.29, 0.717) is 15.9 Å². The van der Waals surface area contributed by atoms with Gasteiger partial charge in [0.1, 0.15) is 5.82 Å². The van der Waals surface area contributed by atoms with Gasteiger partial charge in [-0.3, -0.25) is 0 Å². The van der Waals surface area contributed by atoms with E-state index in [2.05, 4.69) is 4.98 Å². The number of halogens is 2. The molecule has 0 radical (unpaired) electrons. The number of aromatic carboxylic acids is 1. The van der Waals surface area contributed by atoms with Crippen molar-refractivity contribution in [1.82, 2.24) is 9.97 Å². The second-order valence-electron chi connectivity index (χ2n) is 6.16. The summed E-state index contributed by atoms with van der Waals surface area (Å²) in [6.45, 7) is 0. The SMILES string of the molecule is O=C(O)c1ccc(-c2nc(-c3ccccc3)c(-c3cccc(Cl)c3Cl)[nH]2)cc1. The van der Waals surface area contributed by atoms with E-state index in [1.54, 1.807) is 30.3 Å². The van der Waals surface area contributed by atoms with Gasteiger partial charge in [0.05, 0.1) is 27.0 Å². The van der Waals surface area contributed by atoms with E-state index in [0.717, 1.165) is 28.1 Å². The van der Waals surface area contributed by atoms with Gasteiger partial charge in [-0.1, -0.05) is 77.8 Å². The standard InChI is InChI=1S/C22H14Cl2N2O2/c23-17-8-4-7-16(18(17)24)20-19(13-5-2-1-3-6-13)25-21(26-20)14-9-11-15(12-10-14)22(27)28/h1-12H,(H,25,26)(H,27,28). The summed E-state index contributed by atoms with van der Waals surface area (Å²) in [5, 5.41) is 10.00. The van der Waals surface area contributed by atoms with Crippen LogP contribution in [0.4, 0.5) is 0 Å². The molecule has 138 valence electrons. The van der Waals surface area contributed by atoms with Crippen LogP contribution in [0.5, 0.6) is 0 Å². The van der Waals surface area contributed by atoms with Crippen LogP contribution in [0, 0.1) is 0 Å². The number of aromatic nitrogens is 2. The summed E-state index contributed by atoms with van der Waals surface area (Å²) in [5.74, 6) is -0.357. The normalized spacial score (nSPS) is 10.8. The van der Waals surface area contributed by atoms with Gasteiger partial charge in [-0.05, 0) is 18.2 Å². The minimum atomic E-state index is -0.970. The molecule has 0 bridgehead atoms. The minimum absolute atomic E-state index is 0.219. The summed E-state index contributed by atoms with van der Waals surface area (Å²) in [5.41, 5.74) is 4.15. The van der Waals surface area contributed by atoms with Crippen molar-refractivity contribution in [2.24, 2.45) is 0 Å². The highest BCUT2D eigenvalue weighted by atomic mass is 35.5. The molecule has 0 aliphatic rings. The Morgan fingerprint density at radius 1 is 0.857 bits per heavy atom. The second-order valence-corrected chi connectivity index (χ2v) is 6.94. The predicted molar refractivity (Wildman–Crippen MR) is 112 cm³/mol. The Morgan fingerprint density at radius 3 is 2.25 bits per heavy atom. The molecule has 0 atom stereocenters. The Morgan fingerprint density at radius 2 is 1.57 bits per heavy atom. The minimum Gasteiger partial charge on any atom is -0.478 e. The van der Waals surface area contributed by atoms with Crippen molar-refractivity contribution in [3.63, 3.8) is 0 Å². The monoisotopic (exact) mass is 408 g/mol. The van der Waals surface area contributed by atoms with E-state index >= 15 is 0 Å². The summed E-state index contributed by atoms with van der Waals surface area (Å²) in [4.78, 5) is 19.2. The van der Waals surface area contributed by atoms with E-state index in [9.17, 15) is 4.79 Å². The van der Waals surface area contributed by atoms with E-state index in [1.165, 1.54) is 0 Å². The Bertz CT molecular complexity index is 1150. The fourth-order valence-electron chi connectivity index (χ4n) is 2.98. The molecule has 4 rings (SSSR count). The number of carboxylic acids is 1. The number of nitrogens with one attached hydrogen (secondary N) is 1. The maximum absolute atomic E-state index is 11.1. The third kappa shape index (κ3) is 3.40. The lowest BCUT2D eigenvalue weighted by atomic mass is 10.1. The third-order valence-corrected chi connectivity index (χ3v) is 5.20. The molecule has 0 aliphatic heterocycles. The van der Waals surface area contributed by atoms with Crippen molar-refractivity contribution in [3.8, 4) is 33.9 Å². The Labute approximate surface area is 171 Å². The first-order valence-electron chi connectivity index (χ1n) is 8.48. The molecule has 0 unspecified atom stereocenters. The number of hydrogen-bond acceptors (Lipinski definition) is 2. The highest BCUT2D eigenvalue weighted by molar-refractivity contribution is 6.43. The van der Waals surface area contributed by atoms with Gasteiger partial charge < -0.3 is 10.1 Å². The Balaban J connectivity index is 1.90. The number of hydrogen-bond donors (Lipinski definition) is 2. The van der Waals surface area contributed by atoms with Gasteiger partial charge in [0.2, 0.25) is 0 Å². The lowest BCUT2D eigenvalue weighted by molar-refractivity contribution is 0.0697. The zero-order chi connectivity index (χ0) is 19.7. The van der Waals surface area contributed by atoms with Crippen LogP contribution in [0.1, 0.15) is 10.4 Å². The van der Waals surface area contributed by atoms with Crippen molar-refractivity contribution in [2.75, 3.05) is 0 Å². The first-order chi connectivity index (χ1) is 13.5. The molecule has 2 N–H and O–H groups in total. The average molecular weight is 409 g/mol. The summed E-state index contributed by atoms with van der Waals surface area (Å²) in [7, 11) is 0. The van der Waals surface area contributed by atoms with Crippen LogP contribution in [-0.4, -0.2) is 21.0 Å².